The van der Waals surface area contributed by atoms with Gasteiger partial charge in [-0.25, -0.2) is 8.42 Å². The van der Waals surface area contributed by atoms with Crippen LogP contribution in [0.15, 0.2) is 77.7 Å². The van der Waals surface area contributed by atoms with Gasteiger partial charge in [0.05, 0.1) is 31.4 Å². The number of aryl methyl sites for hydroxylation is 1. The molecule has 3 aromatic rings. The van der Waals surface area contributed by atoms with E-state index in [-0.39, 0.29) is 16.3 Å². The Balaban J connectivity index is 1.76. The first-order valence-corrected chi connectivity index (χ1v) is 13.1. The third-order valence-electron chi connectivity index (χ3n) is 5.49. The van der Waals surface area contributed by atoms with E-state index in [4.69, 9.17) is 14.2 Å². The van der Waals surface area contributed by atoms with Crippen LogP contribution in [-0.4, -0.2) is 48.2 Å². The van der Waals surface area contributed by atoms with Crippen LogP contribution in [0, 0.1) is 0 Å². The van der Waals surface area contributed by atoms with Crippen LogP contribution in [0.25, 0.3) is 0 Å². The van der Waals surface area contributed by atoms with Crippen LogP contribution < -0.4 is 23.8 Å². The highest BCUT2D eigenvalue weighted by Gasteiger charge is 2.29. The van der Waals surface area contributed by atoms with Gasteiger partial charge in [-0.2, -0.15) is 0 Å². The zero-order valence-electron chi connectivity index (χ0n) is 20.8. The molecule has 36 heavy (non-hydrogen) atoms. The molecule has 0 aliphatic rings. The van der Waals surface area contributed by atoms with Gasteiger partial charge in [0, 0.05) is 12.6 Å². The number of nitrogens with zero attached hydrogens (tertiary/aromatic N) is 1. The molecule has 0 bridgehead atoms. The normalized spacial score (nSPS) is 11.0. The molecule has 0 saturated carbocycles. The van der Waals surface area contributed by atoms with Gasteiger partial charge in [0.15, 0.2) is 0 Å². The van der Waals surface area contributed by atoms with Crippen molar-refractivity contribution in [3.63, 3.8) is 0 Å². The van der Waals surface area contributed by atoms with Gasteiger partial charge in [-0.1, -0.05) is 36.4 Å². The average molecular weight is 513 g/mol. The molecule has 0 aromatic heterocycles. The van der Waals surface area contributed by atoms with Crippen molar-refractivity contribution in [3.05, 3.63) is 78.4 Å². The number of carbonyl (C=O) groups is 1. The minimum atomic E-state index is -4.05. The molecular formula is C27H32N2O6S. The Kier molecular flexibility index (Phi) is 9.58. The Labute approximate surface area is 212 Å². The summed E-state index contributed by atoms with van der Waals surface area (Å²) in [4.78, 5) is 13.0. The Morgan fingerprint density at radius 3 is 2.33 bits per heavy atom. The van der Waals surface area contributed by atoms with Crippen LogP contribution in [0.5, 0.6) is 17.2 Å². The van der Waals surface area contributed by atoms with E-state index in [1.54, 1.807) is 36.4 Å². The summed E-state index contributed by atoms with van der Waals surface area (Å²) in [5.41, 5.74) is 1.30. The molecule has 0 saturated heterocycles. The average Bonchev–Trinajstić information content (AvgIpc) is 2.91. The van der Waals surface area contributed by atoms with Gasteiger partial charge in [0.2, 0.25) is 5.91 Å². The number of carbonyl (C=O) groups excluding carboxylic acids is 1. The molecule has 9 heteroatoms. The smallest absolute Gasteiger partial charge is 0.264 e. The maximum absolute atomic E-state index is 13.6. The van der Waals surface area contributed by atoms with Crippen molar-refractivity contribution in [3.8, 4) is 17.2 Å². The van der Waals surface area contributed by atoms with Crippen LogP contribution in [0.2, 0.25) is 0 Å². The Hall–Kier alpha value is -3.72. The van der Waals surface area contributed by atoms with Crippen molar-refractivity contribution < 1.29 is 27.4 Å². The molecule has 0 aliphatic carbocycles. The molecule has 0 aliphatic heterocycles. The van der Waals surface area contributed by atoms with Gasteiger partial charge < -0.3 is 19.5 Å². The fraction of sp³-hybridized carbons (Fsp3) is 0.296. The van der Waals surface area contributed by atoms with E-state index >= 15 is 0 Å². The first-order chi connectivity index (χ1) is 17.4. The van der Waals surface area contributed by atoms with Gasteiger partial charge >= 0.3 is 0 Å². The number of hydrogen-bond donors (Lipinski definition) is 1. The molecular weight excluding hydrogens is 480 g/mol. The second kappa shape index (κ2) is 12.8. The van der Waals surface area contributed by atoms with Crippen molar-refractivity contribution >= 4 is 21.6 Å². The number of hydrogen-bond acceptors (Lipinski definition) is 6. The van der Waals surface area contributed by atoms with Crippen molar-refractivity contribution in [1.29, 1.82) is 0 Å². The maximum Gasteiger partial charge on any atom is 0.264 e. The van der Waals surface area contributed by atoms with Gasteiger partial charge in [0.1, 0.15) is 23.8 Å². The molecule has 192 valence electrons. The van der Waals surface area contributed by atoms with E-state index in [0.717, 1.165) is 22.0 Å². The van der Waals surface area contributed by atoms with E-state index in [2.05, 4.69) is 5.32 Å². The summed E-state index contributed by atoms with van der Waals surface area (Å²) in [6.45, 7) is 2.49. The number of methoxy groups -OCH3 is 2. The number of rotatable bonds is 13. The Morgan fingerprint density at radius 1 is 0.917 bits per heavy atom. The number of ether oxygens (including phenoxy) is 3. The van der Waals surface area contributed by atoms with Crippen molar-refractivity contribution in [2.24, 2.45) is 0 Å². The maximum atomic E-state index is 13.6. The summed E-state index contributed by atoms with van der Waals surface area (Å²) in [5.74, 6) is 1.18. The molecule has 0 fully saturated rings. The summed E-state index contributed by atoms with van der Waals surface area (Å²) >= 11 is 0. The highest BCUT2D eigenvalue weighted by Crippen LogP contribution is 2.35. The zero-order chi connectivity index (χ0) is 26.0. The van der Waals surface area contributed by atoms with Crippen molar-refractivity contribution in [2.45, 2.75) is 24.7 Å². The second-order valence-corrected chi connectivity index (χ2v) is 9.72. The van der Waals surface area contributed by atoms with Gasteiger partial charge in [-0.3, -0.25) is 9.10 Å². The number of sulfonamides is 1. The lowest BCUT2D eigenvalue weighted by molar-refractivity contribution is -0.119. The second-order valence-electron chi connectivity index (χ2n) is 7.86. The molecule has 3 aromatic carbocycles. The first kappa shape index (κ1) is 26.9. The standard InChI is InChI=1S/C27H32N2O6S/c1-4-35-25-15-9-8-11-21(25)12-10-18-28-27(30)20-29(36(31,32)23-13-6-5-7-14-23)24-17-16-22(33-2)19-26(24)34-3/h5-9,11,13-17,19H,4,10,12,18,20H2,1-3H3,(H,28,30). The van der Waals surface area contributed by atoms with E-state index in [1.165, 1.54) is 26.4 Å². The third kappa shape index (κ3) is 6.69. The molecule has 0 radical (unpaired) electrons. The number of anilines is 1. The molecule has 0 heterocycles. The number of amides is 1. The third-order valence-corrected chi connectivity index (χ3v) is 7.27. The summed E-state index contributed by atoms with van der Waals surface area (Å²) in [7, 11) is -1.11. The fourth-order valence-corrected chi connectivity index (χ4v) is 5.16. The van der Waals surface area contributed by atoms with Crippen molar-refractivity contribution in [2.75, 3.05) is 38.2 Å². The van der Waals surface area contributed by atoms with Gasteiger partial charge in [-0.05, 0) is 55.7 Å². The highest BCUT2D eigenvalue weighted by molar-refractivity contribution is 7.92. The number of benzene rings is 3. The summed E-state index contributed by atoms with van der Waals surface area (Å²) in [5, 5.41) is 2.84. The lowest BCUT2D eigenvalue weighted by atomic mass is 10.1. The minimum absolute atomic E-state index is 0.0724. The summed E-state index contributed by atoms with van der Waals surface area (Å²) in [6, 6.07) is 20.5. The first-order valence-electron chi connectivity index (χ1n) is 11.7. The summed E-state index contributed by atoms with van der Waals surface area (Å²) in [6.07, 6.45) is 1.39. The minimum Gasteiger partial charge on any atom is -0.497 e. The summed E-state index contributed by atoms with van der Waals surface area (Å²) < 4.78 is 44.5. The Bertz CT molecular complexity index is 1250. The van der Waals surface area contributed by atoms with Crippen LogP contribution in [0.1, 0.15) is 18.9 Å². The number of para-hydroxylation sites is 1. The predicted molar refractivity (Wildman–Crippen MR) is 139 cm³/mol. The van der Waals surface area contributed by atoms with Crippen LogP contribution in [0.4, 0.5) is 5.69 Å². The van der Waals surface area contributed by atoms with Crippen LogP contribution in [-0.2, 0) is 21.2 Å². The van der Waals surface area contributed by atoms with Gasteiger partial charge in [0.25, 0.3) is 10.0 Å². The van der Waals surface area contributed by atoms with E-state index in [0.29, 0.717) is 25.3 Å². The molecule has 1 amide bonds. The predicted octanol–water partition coefficient (Wildman–Crippen LogP) is 4.05. The highest BCUT2D eigenvalue weighted by atomic mass is 32.2. The van der Waals surface area contributed by atoms with E-state index in [9.17, 15) is 13.2 Å². The molecule has 3 rings (SSSR count). The van der Waals surface area contributed by atoms with Gasteiger partial charge in [-0.15, -0.1) is 0 Å². The Morgan fingerprint density at radius 2 is 1.64 bits per heavy atom. The molecule has 0 unspecified atom stereocenters. The molecule has 1 N–H and O–H groups in total. The largest absolute Gasteiger partial charge is 0.497 e. The lowest BCUT2D eigenvalue weighted by Gasteiger charge is -2.26. The SMILES string of the molecule is CCOc1ccccc1CCCNC(=O)CN(c1ccc(OC)cc1OC)S(=O)(=O)c1ccccc1. The molecule has 0 spiro atoms. The molecule has 8 nitrogen and oxygen atoms in total. The van der Waals surface area contributed by atoms with Crippen molar-refractivity contribution in [1.82, 2.24) is 5.32 Å². The van der Waals surface area contributed by atoms with E-state index in [1.807, 2.05) is 31.2 Å². The fourth-order valence-electron chi connectivity index (χ4n) is 3.71. The van der Waals surface area contributed by atoms with Crippen LogP contribution >= 0.6 is 0 Å². The quantitative estimate of drug-likeness (QED) is 0.347. The topological polar surface area (TPSA) is 94.2 Å². The number of nitrogens with one attached hydrogen (secondary N) is 1. The van der Waals surface area contributed by atoms with E-state index < -0.39 is 22.5 Å². The lowest BCUT2D eigenvalue weighted by Crippen LogP contribution is -2.41. The van der Waals surface area contributed by atoms with Crippen LogP contribution in [0.3, 0.4) is 0 Å². The molecule has 0 atom stereocenters. The monoisotopic (exact) mass is 512 g/mol. The zero-order valence-corrected chi connectivity index (χ0v) is 21.6.